The number of aliphatic imine (C=N–C) groups is 1. The Balaban J connectivity index is 2.17. The van der Waals surface area contributed by atoms with Crippen LogP contribution in [-0.4, -0.2) is 17.9 Å². The Bertz CT molecular complexity index is 424. The summed E-state index contributed by atoms with van der Waals surface area (Å²) in [5.41, 5.74) is 12.3. The maximum Gasteiger partial charge on any atom is 0.123 e. The van der Waals surface area contributed by atoms with Gasteiger partial charge in [-0.15, -0.1) is 0 Å². The number of rotatable bonds is 2. The number of benzene rings is 1. The van der Waals surface area contributed by atoms with Gasteiger partial charge in [0.25, 0.3) is 0 Å². The van der Waals surface area contributed by atoms with Crippen molar-refractivity contribution in [2.24, 2.45) is 16.5 Å². The summed E-state index contributed by atoms with van der Waals surface area (Å²) in [7, 11) is 0. The summed E-state index contributed by atoms with van der Waals surface area (Å²) < 4.78 is 12.7. The molecule has 1 aliphatic rings. The summed E-state index contributed by atoms with van der Waals surface area (Å²) in [5.74, 6) is -0.253. The highest BCUT2D eigenvalue weighted by Gasteiger charge is 2.30. The van der Waals surface area contributed by atoms with E-state index in [0.29, 0.717) is 6.42 Å². The zero-order chi connectivity index (χ0) is 11.6. The highest BCUT2D eigenvalue weighted by Crippen LogP contribution is 2.18. The molecule has 0 saturated heterocycles. The zero-order valence-electron chi connectivity index (χ0n) is 8.81. The van der Waals surface area contributed by atoms with Crippen molar-refractivity contribution >= 4 is 6.21 Å². The van der Waals surface area contributed by atoms with E-state index < -0.39 is 11.7 Å². The van der Waals surface area contributed by atoms with Crippen LogP contribution in [0.1, 0.15) is 5.56 Å². The molecule has 2 atom stereocenters. The summed E-state index contributed by atoms with van der Waals surface area (Å²) in [6.07, 6.45) is 5.35. The molecule has 1 aromatic carbocycles. The van der Waals surface area contributed by atoms with Crippen LogP contribution in [0.3, 0.4) is 0 Å². The Morgan fingerprint density at radius 3 is 2.62 bits per heavy atom. The first-order valence-corrected chi connectivity index (χ1v) is 5.10. The van der Waals surface area contributed by atoms with Gasteiger partial charge >= 0.3 is 0 Å². The van der Waals surface area contributed by atoms with E-state index in [1.54, 1.807) is 24.4 Å². The van der Waals surface area contributed by atoms with Crippen molar-refractivity contribution in [2.45, 2.75) is 18.1 Å². The zero-order valence-corrected chi connectivity index (χ0v) is 8.81. The molecule has 16 heavy (non-hydrogen) atoms. The number of nitrogens with two attached hydrogens (primary N) is 2. The fourth-order valence-corrected chi connectivity index (χ4v) is 1.72. The molecule has 0 fully saturated rings. The van der Waals surface area contributed by atoms with E-state index in [0.717, 1.165) is 5.56 Å². The second kappa shape index (κ2) is 4.15. The highest BCUT2D eigenvalue weighted by atomic mass is 19.1. The average molecular weight is 219 g/mol. The molecule has 0 aliphatic carbocycles. The minimum Gasteiger partial charge on any atom is -0.319 e. The molecule has 0 bridgehead atoms. The van der Waals surface area contributed by atoms with Crippen molar-refractivity contribution < 1.29 is 4.39 Å². The number of halogens is 1. The predicted octanol–water partition coefficient (Wildman–Crippen LogP) is 0.991. The second-order valence-electron chi connectivity index (χ2n) is 4.02. The third-order valence-electron chi connectivity index (χ3n) is 2.71. The van der Waals surface area contributed by atoms with Crippen LogP contribution < -0.4 is 11.5 Å². The van der Waals surface area contributed by atoms with E-state index in [2.05, 4.69) is 4.99 Å². The van der Waals surface area contributed by atoms with E-state index >= 15 is 0 Å². The fraction of sp³-hybridized carbons (Fsp3) is 0.250. The van der Waals surface area contributed by atoms with Crippen LogP contribution >= 0.6 is 0 Å². The maximum atomic E-state index is 12.7. The highest BCUT2D eigenvalue weighted by molar-refractivity contribution is 5.73. The van der Waals surface area contributed by atoms with Crippen LogP contribution in [-0.2, 0) is 6.42 Å². The molecule has 0 radical (unpaired) electrons. The predicted molar refractivity (Wildman–Crippen MR) is 62.6 cm³/mol. The number of nitrogens with zero attached hydrogens (tertiary/aromatic N) is 1. The Kier molecular flexibility index (Phi) is 2.85. The quantitative estimate of drug-likeness (QED) is 0.779. The molecule has 2 unspecified atom stereocenters. The smallest absolute Gasteiger partial charge is 0.123 e. The van der Waals surface area contributed by atoms with E-state index in [4.69, 9.17) is 11.5 Å². The van der Waals surface area contributed by atoms with Gasteiger partial charge in [-0.1, -0.05) is 18.2 Å². The van der Waals surface area contributed by atoms with E-state index in [-0.39, 0.29) is 5.82 Å². The molecule has 1 aliphatic heterocycles. The Morgan fingerprint density at radius 1 is 1.31 bits per heavy atom. The van der Waals surface area contributed by atoms with Gasteiger partial charge in [0.1, 0.15) is 12.0 Å². The van der Waals surface area contributed by atoms with Crippen LogP contribution in [0.25, 0.3) is 0 Å². The molecule has 0 amide bonds. The van der Waals surface area contributed by atoms with Gasteiger partial charge in [0.15, 0.2) is 0 Å². The summed E-state index contributed by atoms with van der Waals surface area (Å²) in [5, 5.41) is 0. The normalized spacial score (nSPS) is 28.3. The molecule has 4 N–H and O–H groups in total. The molecular formula is C12H14FN3. The fourth-order valence-electron chi connectivity index (χ4n) is 1.72. The molecule has 0 aromatic heterocycles. The third kappa shape index (κ3) is 2.18. The topological polar surface area (TPSA) is 64.4 Å². The first-order valence-electron chi connectivity index (χ1n) is 5.10. The van der Waals surface area contributed by atoms with Crippen LogP contribution in [0.15, 0.2) is 41.4 Å². The lowest BCUT2D eigenvalue weighted by atomic mass is 9.87. The minimum absolute atomic E-state index is 0.253. The van der Waals surface area contributed by atoms with E-state index in [1.165, 1.54) is 12.1 Å². The standard InChI is InChI=1S/C12H14FN3/c13-10-4-2-9(3-5-10)8-12(15)6-1-7-16-11(12)14/h1-7,11H,8,14-15H2. The van der Waals surface area contributed by atoms with E-state index in [1.807, 2.05) is 6.08 Å². The summed E-state index contributed by atoms with van der Waals surface area (Å²) in [6, 6.07) is 6.26. The lowest BCUT2D eigenvalue weighted by Gasteiger charge is -2.31. The minimum atomic E-state index is -0.688. The molecule has 1 aromatic rings. The molecule has 2 rings (SSSR count). The van der Waals surface area contributed by atoms with Gasteiger partial charge in [-0.05, 0) is 30.2 Å². The number of hydrogen-bond donors (Lipinski definition) is 2. The molecule has 0 spiro atoms. The number of allylic oxidation sites excluding steroid dienone is 1. The molecule has 4 heteroatoms. The molecule has 0 saturated carbocycles. The SMILES string of the molecule is NC1N=CC=CC1(N)Cc1ccc(F)cc1. The van der Waals surface area contributed by atoms with Gasteiger partial charge in [0.2, 0.25) is 0 Å². The van der Waals surface area contributed by atoms with Gasteiger partial charge in [-0.2, -0.15) is 0 Å². The lowest BCUT2D eigenvalue weighted by molar-refractivity contribution is 0.425. The first kappa shape index (κ1) is 11.0. The summed E-state index contributed by atoms with van der Waals surface area (Å²) >= 11 is 0. The Labute approximate surface area is 93.7 Å². The first-order chi connectivity index (χ1) is 7.60. The molecule has 3 nitrogen and oxygen atoms in total. The van der Waals surface area contributed by atoms with Crippen LogP contribution in [0.5, 0.6) is 0 Å². The van der Waals surface area contributed by atoms with Gasteiger partial charge in [0.05, 0.1) is 5.54 Å². The van der Waals surface area contributed by atoms with E-state index in [9.17, 15) is 4.39 Å². The maximum absolute atomic E-state index is 12.7. The van der Waals surface area contributed by atoms with Gasteiger partial charge in [-0.3, -0.25) is 4.99 Å². The molecule has 84 valence electrons. The summed E-state index contributed by atoms with van der Waals surface area (Å²) in [6.45, 7) is 0. The van der Waals surface area contributed by atoms with Crippen LogP contribution in [0, 0.1) is 5.82 Å². The van der Waals surface area contributed by atoms with Crippen molar-refractivity contribution in [2.75, 3.05) is 0 Å². The number of hydrogen-bond acceptors (Lipinski definition) is 3. The van der Waals surface area contributed by atoms with Crippen molar-refractivity contribution in [1.82, 2.24) is 0 Å². The van der Waals surface area contributed by atoms with Crippen molar-refractivity contribution in [3.05, 3.63) is 47.8 Å². The van der Waals surface area contributed by atoms with Crippen LogP contribution in [0.4, 0.5) is 4.39 Å². The van der Waals surface area contributed by atoms with Crippen molar-refractivity contribution in [1.29, 1.82) is 0 Å². The molecular weight excluding hydrogens is 205 g/mol. The average Bonchev–Trinajstić information content (AvgIpc) is 2.26. The monoisotopic (exact) mass is 219 g/mol. The molecule has 1 heterocycles. The number of dihydropyridines is 1. The third-order valence-corrected chi connectivity index (χ3v) is 2.71. The second-order valence-corrected chi connectivity index (χ2v) is 4.02. The van der Waals surface area contributed by atoms with Crippen molar-refractivity contribution in [3.8, 4) is 0 Å². The Morgan fingerprint density at radius 2 is 2.00 bits per heavy atom. The lowest BCUT2D eigenvalue weighted by Crippen LogP contribution is -2.55. The Hall–Kier alpha value is -1.52. The summed E-state index contributed by atoms with van der Waals surface area (Å²) in [4.78, 5) is 4.06. The van der Waals surface area contributed by atoms with Crippen LogP contribution in [0.2, 0.25) is 0 Å². The largest absolute Gasteiger partial charge is 0.319 e. The van der Waals surface area contributed by atoms with Gasteiger partial charge in [0, 0.05) is 6.21 Å². The van der Waals surface area contributed by atoms with Gasteiger partial charge < -0.3 is 11.5 Å². The van der Waals surface area contributed by atoms with Gasteiger partial charge in [-0.25, -0.2) is 4.39 Å². The van der Waals surface area contributed by atoms with Crippen molar-refractivity contribution in [3.63, 3.8) is 0 Å².